The monoisotopic (exact) mass is 623 g/mol. The van der Waals surface area contributed by atoms with Crippen molar-refractivity contribution in [2.24, 2.45) is 11.3 Å². The minimum Gasteiger partial charge on any atom is -0.325 e. The fourth-order valence-corrected chi connectivity index (χ4v) is 5.06. The SMILES string of the molecule is CC.Cc1c(F)cc(NC(=O)C2NC(CC(C)(C)C)C(C#N)C2c2cccc(Cl)c2F)cc1F.Fc1cccc(Cl)c1. The Kier molecular flexibility index (Phi) is 12.8. The molecule has 3 aromatic rings. The molecule has 4 unspecified atom stereocenters. The first-order chi connectivity index (χ1) is 19.7. The van der Waals surface area contributed by atoms with E-state index in [0.29, 0.717) is 11.4 Å². The molecule has 1 fully saturated rings. The van der Waals surface area contributed by atoms with Crippen molar-refractivity contribution in [2.45, 2.75) is 66.0 Å². The summed E-state index contributed by atoms with van der Waals surface area (Å²) in [5.74, 6) is -4.75. The minimum absolute atomic E-state index is 0.0597. The Bertz CT molecular complexity index is 1380. The van der Waals surface area contributed by atoms with Crippen molar-refractivity contribution in [2.75, 3.05) is 5.32 Å². The van der Waals surface area contributed by atoms with E-state index in [9.17, 15) is 27.6 Å². The van der Waals surface area contributed by atoms with Crippen molar-refractivity contribution < 1.29 is 22.4 Å². The molecule has 4 rings (SSSR count). The van der Waals surface area contributed by atoms with Crippen molar-refractivity contribution in [1.82, 2.24) is 5.32 Å². The summed E-state index contributed by atoms with van der Waals surface area (Å²) in [5.41, 5.74) is -0.237. The van der Waals surface area contributed by atoms with E-state index >= 15 is 0 Å². The second-order valence-electron chi connectivity index (χ2n) is 10.8. The van der Waals surface area contributed by atoms with Gasteiger partial charge in [-0.15, -0.1) is 0 Å². The number of nitriles is 1. The quantitative estimate of drug-likeness (QED) is 0.285. The van der Waals surface area contributed by atoms with Gasteiger partial charge in [-0.3, -0.25) is 4.79 Å². The highest BCUT2D eigenvalue weighted by Crippen LogP contribution is 2.42. The lowest BCUT2D eigenvalue weighted by atomic mass is 9.77. The molecule has 1 amide bonds. The third kappa shape index (κ3) is 9.19. The van der Waals surface area contributed by atoms with Gasteiger partial charge in [-0.1, -0.05) is 76.0 Å². The standard InChI is InChI=1S/C24H25ClF3N3O.C6H4ClF.C2H6/c1-12-17(26)8-13(9-18(12)27)30-23(32)22-20(14-6-5-7-16(25)21(14)28)15(11-29)19(31-22)10-24(2,3)4;7-5-2-1-3-6(8)4-5;1-2/h5-9,15,19-20,22,31H,10H2,1-4H3,(H,30,32);1-4H;1-2H3. The molecule has 42 heavy (non-hydrogen) atoms. The summed E-state index contributed by atoms with van der Waals surface area (Å²) in [6.45, 7) is 11.3. The van der Waals surface area contributed by atoms with Crippen molar-refractivity contribution in [1.29, 1.82) is 5.26 Å². The maximum Gasteiger partial charge on any atom is 0.242 e. The zero-order valence-electron chi connectivity index (χ0n) is 24.3. The lowest BCUT2D eigenvalue weighted by Crippen LogP contribution is -2.42. The Hall–Kier alpha value is -3.12. The van der Waals surface area contributed by atoms with Gasteiger partial charge in [-0.25, -0.2) is 17.6 Å². The van der Waals surface area contributed by atoms with Crippen LogP contribution in [0.3, 0.4) is 0 Å². The maximum atomic E-state index is 14.9. The summed E-state index contributed by atoms with van der Waals surface area (Å²) in [4.78, 5) is 13.2. The van der Waals surface area contributed by atoms with E-state index in [-0.39, 0.29) is 33.1 Å². The maximum absolute atomic E-state index is 14.9. The predicted molar refractivity (Wildman–Crippen MR) is 161 cm³/mol. The summed E-state index contributed by atoms with van der Waals surface area (Å²) >= 11 is 11.4. The van der Waals surface area contributed by atoms with Crippen LogP contribution in [0.5, 0.6) is 0 Å². The minimum atomic E-state index is -1.01. The third-order valence-corrected chi connectivity index (χ3v) is 7.04. The first kappa shape index (κ1) is 35.1. The highest BCUT2D eigenvalue weighted by atomic mass is 35.5. The zero-order valence-corrected chi connectivity index (χ0v) is 25.8. The Labute approximate surface area is 255 Å². The number of amides is 1. The van der Waals surface area contributed by atoms with E-state index in [2.05, 4.69) is 16.7 Å². The second-order valence-corrected chi connectivity index (χ2v) is 11.7. The summed E-state index contributed by atoms with van der Waals surface area (Å²) < 4.78 is 54.9. The van der Waals surface area contributed by atoms with E-state index in [0.717, 1.165) is 12.1 Å². The summed E-state index contributed by atoms with van der Waals surface area (Å²) in [6.07, 6.45) is 0.557. The fraction of sp³-hybridized carbons (Fsp3) is 0.375. The summed E-state index contributed by atoms with van der Waals surface area (Å²) in [7, 11) is 0. The molecule has 1 saturated heterocycles. The Morgan fingerprint density at radius 1 is 1.00 bits per heavy atom. The molecular weight excluding hydrogens is 589 g/mol. The lowest BCUT2D eigenvalue weighted by molar-refractivity contribution is -0.118. The van der Waals surface area contributed by atoms with Crippen LogP contribution in [0.4, 0.5) is 23.2 Å². The molecule has 3 aromatic carbocycles. The zero-order chi connectivity index (χ0) is 31.8. The molecule has 0 aliphatic carbocycles. The normalized spacial score (nSPS) is 19.5. The Balaban J connectivity index is 0.000000525. The Morgan fingerprint density at radius 2 is 1.60 bits per heavy atom. The smallest absolute Gasteiger partial charge is 0.242 e. The molecular formula is C32H35Cl2F4N3O. The van der Waals surface area contributed by atoms with Gasteiger partial charge in [0.25, 0.3) is 0 Å². The molecule has 0 spiro atoms. The van der Waals surface area contributed by atoms with E-state index < -0.39 is 47.3 Å². The molecule has 4 nitrogen and oxygen atoms in total. The molecule has 2 N–H and O–H groups in total. The molecule has 10 heteroatoms. The van der Waals surface area contributed by atoms with Gasteiger partial charge in [-0.2, -0.15) is 5.26 Å². The average Bonchev–Trinajstić information content (AvgIpc) is 3.26. The van der Waals surface area contributed by atoms with Crippen LogP contribution < -0.4 is 10.6 Å². The van der Waals surface area contributed by atoms with Crippen LogP contribution in [-0.2, 0) is 4.79 Å². The molecule has 1 aliphatic heterocycles. The predicted octanol–water partition coefficient (Wildman–Crippen LogP) is 9.21. The number of nitrogens with one attached hydrogen (secondary N) is 2. The van der Waals surface area contributed by atoms with Gasteiger partial charge in [0, 0.05) is 28.2 Å². The van der Waals surface area contributed by atoms with E-state index in [4.69, 9.17) is 23.2 Å². The van der Waals surface area contributed by atoms with Crippen LogP contribution in [0.1, 0.15) is 58.1 Å². The van der Waals surface area contributed by atoms with Crippen LogP contribution in [-0.4, -0.2) is 18.0 Å². The molecule has 0 bridgehead atoms. The van der Waals surface area contributed by atoms with Crippen LogP contribution in [0, 0.1) is 52.9 Å². The second kappa shape index (κ2) is 15.4. The van der Waals surface area contributed by atoms with E-state index in [1.807, 2.05) is 34.6 Å². The van der Waals surface area contributed by atoms with Crippen molar-refractivity contribution in [3.8, 4) is 6.07 Å². The first-order valence-electron chi connectivity index (χ1n) is 13.5. The van der Waals surface area contributed by atoms with Crippen LogP contribution in [0.15, 0.2) is 54.6 Å². The van der Waals surface area contributed by atoms with E-state index in [1.54, 1.807) is 18.2 Å². The van der Waals surface area contributed by atoms with Gasteiger partial charge >= 0.3 is 0 Å². The molecule has 1 heterocycles. The Morgan fingerprint density at radius 3 is 2.10 bits per heavy atom. The van der Waals surface area contributed by atoms with Gasteiger partial charge in [0.15, 0.2) is 0 Å². The van der Waals surface area contributed by atoms with Crippen LogP contribution in [0.25, 0.3) is 0 Å². The lowest BCUT2D eigenvalue weighted by Gasteiger charge is -2.25. The number of halogens is 6. The van der Waals surface area contributed by atoms with Gasteiger partial charge in [0.2, 0.25) is 5.91 Å². The average molecular weight is 625 g/mol. The molecule has 0 aromatic heterocycles. The molecule has 226 valence electrons. The van der Waals surface area contributed by atoms with Gasteiger partial charge in [0.05, 0.1) is 23.1 Å². The summed E-state index contributed by atoms with van der Waals surface area (Å²) in [6, 6.07) is 13.1. The molecule has 4 atom stereocenters. The number of carbonyl (C=O) groups excluding carboxylic acids is 1. The fourth-order valence-electron chi connectivity index (χ4n) is 4.70. The first-order valence-corrected chi connectivity index (χ1v) is 14.2. The molecule has 0 radical (unpaired) electrons. The number of hydrogen-bond acceptors (Lipinski definition) is 3. The van der Waals surface area contributed by atoms with Gasteiger partial charge in [0.1, 0.15) is 23.3 Å². The number of carbonyl (C=O) groups is 1. The number of benzene rings is 3. The van der Waals surface area contributed by atoms with Crippen molar-refractivity contribution in [3.05, 3.63) is 99.0 Å². The number of hydrogen-bond donors (Lipinski definition) is 2. The number of anilines is 1. The molecule has 0 saturated carbocycles. The largest absolute Gasteiger partial charge is 0.325 e. The highest BCUT2D eigenvalue weighted by Gasteiger charge is 2.49. The molecule has 1 aliphatic rings. The number of rotatable bonds is 4. The number of nitrogens with zero attached hydrogens (tertiary/aromatic N) is 1. The van der Waals surface area contributed by atoms with Crippen molar-refractivity contribution in [3.63, 3.8) is 0 Å². The highest BCUT2D eigenvalue weighted by molar-refractivity contribution is 6.31. The van der Waals surface area contributed by atoms with Crippen molar-refractivity contribution >= 4 is 34.8 Å². The van der Waals surface area contributed by atoms with Crippen LogP contribution >= 0.6 is 23.2 Å². The third-order valence-electron chi connectivity index (χ3n) is 6.51. The van der Waals surface area contributed by atoms with Crippen LogP contribution in [0.2, 0.25) is 10.0 Å². The van der Waals surface area contributed by atoms with E-state index in [1.165, 1.54) is 31.2 Å². The van der Waals surface area contributed by atoms with Gasteiger partial charge in [-0.05, 0) is 60.7 Å². The topological polar surface area (TPSA) is 64.9 Å². The summed E-state index contributed by atoms with van der Waals surface area (Å²) in [5, 5.41) is 15.9. The van der Waals surface area contributed by atoms with Gasteiger partial charge < -0.3 is 10.6 Å².